The number of rotatable bonds is 10. The summed E-state index contributed by atoms with van der Waals surface area (Å²) in [5.41, 5.74) is 1.26. The average Bonchev–Trinajstić information content (AvgIpc) is 2.74. The molecular formula is C21H25NO7. The molecule has 8 heteroatoms. The Morgan fingerprint density at radius 3 is 2.14 bits per heavy atom. The molecule has 0 bridgehead atoms. The molecule has 0 radical (unpaired) electrons. The first-order valence-electron chi connectivity index (χ1n) is 8.92. The van der Waals surface area contributed by atoms with Crippen LogP contribution in [0.1, 0.15) is 15.9 Å². The highest BCUT2D eigenvalue weighted by Gasteiger charge is 2.17. The first kappa shape index (κ1) is 21.9. The summed E-state index contributed by atoms with van der Waals surface area (Å²) in [4.78, 5) is 24.2. The molecule has 2 rings (SSSR count). The van der Waals surface area contributed by atoms with Gasteiger partial charge in [-0.1, -0.05) is 18.2 Å². The Labute approximate surface area is 169 Å². The third kappa shape index (κ3) is 6.03. The fourth-order valence-corrected chi connectivity index (χ4v) is 2.54. The number of carbonyl (C=O) groups excluding carboxylic acids is 2. The van der Waals surface area contributed by atoms with Crippen molar-refractivity contribution in [2.24, 2.45) is 0 Å². The zero-order valence-corrected chi connectivity index (χ0v) is 16.9. The fourth-order valence-electron chi connectivity index (χ4n) is 2.54. The summed E-state index contributed by atoms with van der Waals surface area (Å²) in [6, 6.07) is 10.6. The van der Waals surface area contributed by atoms with Crippen LogP contribution in [-0.2, 0) is 9.53 Å². The number of para-hydroxylation sites is 1. The van der Waals surface area contributed by atoms with Gasteiger partial charge in [0.05, 0.1) is 21.3 Å². The highest BCUT2D eigenvalue weighted by atomic mass is 16.6. The molecule has 1 N–H and O–H groups in total. The minimum atomic E-state index is -0.570. The first-order valence-corrected chi connectivity index (χ1v) is 8.92. The SMILES string of the molecule is COc1cc(C(=O)NCC(=O)OCCOc2ccccc2C)cc(OC)c1OC. The van der Waals surface area contributed by atoms with Crippen molar-refractivity contribution in [3.8, 4) is 23.0 Å². The Bertz CT molecular complexity index is 826. The summed E-state index contributed by atoms with van der Waals surface area (Å²) in [6.45, 7) is 1.95. The molecule has 0 unspecified atom stereocenters. The van der Waals surface area contributed by atoms with Crippen molar-refractivity contribution in [1.29, 1.82) is 0 Å². The number of methoxy groups -OCH3 is 3. The predicted molar refractivity (Wildman–Crippen MR) is 106 cm³/mol. The normalized spacial score (nSPS) is 10.1. The van der Waals surface area contributed by atoms with Gasteiger partial charge in [0, 0.05) is 5.56 Å². The van der Waals surface area contributed by atoms with E-state index in [1.54, 1.807) is 0 Å². The Morgan fingerprint density at radius 1 is 0.897 bits per heavy atom. The van der Waals surface area contributed by atoms with Crippen LogP contribution >= 0.6 is 0 Å². The lowest BCUT2D eigenvalue weighted by Crippen LogP contribution is -2.31. The van der Waals surface area contributed by atoms with E-state index in [4.69, 9.17) is 23.7 Å². The Hall–Kier alpha value is -3.42. The highest BCUT2D eigenvalue weighted by molar-refractivity contribution is 5.97. The largest absolute Gasteiger partial charge is 0.493 e. The molecule has 1 amide bonds. The Kier molecular flexibility index (Phi) is 8.14. The number of benzene rings is 2. The summed E-state index contributed by atoms with van der Waals surface area (Å²) < 4.78 is 26.3. The van der Waals surface area contributed by atoms with Crippen LogP contribution < -0.4 is 24.3 Å². The predicted octanol–water partition coefficient (Wildman–Crippen LogP) is 2.37. The van der Waals surface area contributed by atoms with Crippen molar-refractivity contribution < 1.29 is 33.3 Å². The molecule has 0 heterocycles. The molecule has 29 heavy (non-hydrogen) atoms. The van der Waals surface area contributed by atoms with Gasteiger partial charge in [-0.25, -0.2) is 0 Å². The van der Waals surface area contributed by atoms with Gasteiger partial charge in [0.2, 0.25) is 5.75 Å². The van der Waals surface area contributed by atoms with E-state index >= 15 is 0 Å². The molecule has 156 valence electrons. The minimum absolute atomic E-state index is 0.0766. The molecule has 0 aliphatic carbocycles. The molecule has 0 fully saturated rings. The van der Waals surface area contributed by atoms with Gasteiger partial charge in [0.1, 0.15) is 25.5 Å². The number of hydrogen-bond acceptors (Lipinski definition) is 7. The van der Waals surface area contributed by atoms with Gasteiger partial charge in [-0.3, -0.25) is 9.59 Å². The summed E-state index contributed by atoms with van der Waals surface area (Å²) in [6.07, 6.45) is 0. The van der Waals surface area contributed by atoms with Crippen molar-refractivity contribution in [1.82, 2.24) is 5.32 Å². The molecule has 2 aromatic rings. The zero-order valence-electron chi connectivity index (χ0n) is 16.9. The number of carbonyl (C=O) groups is 2. The highest BCUT2D eigenvalue weighted by Crippen LogP contribution is 2.38. The number of amides is 1. The number of nitrogens with one attached hydrogen (secondary N) is 1. The van der Waals surface area contributed by atoms with Crippen LogP contribution in [0.15, 0.2) is 36.4 Å². The third-order valence-electron chi connectivity index (χ3n) is 4.02. The van der Waals surface area contributed by atoms with Crippen molar-refractivity contribution in [2.45, 2.75) is 6.92 Å². The van der Waals surface area contributed by atoms with Crippen LogP contribution in [0.3, 0.4) is 0 Å². The Morgan fingerprint density at radius 2 is 1.55 bits per heavy atom. The van der Waals surface area contributed by atoms with E-state index in [9.17, 15) is 9.59 Å². The lowest BCUT2D eigenvalue weighted by atomic mass is 10.1. The van der Waals surface area contributed by atoms with Crippen molar-refractivity contribution in [3.63, 3.8) is 0 Å². The third-order valence-corrected chi connectivity index (χ3v) is 4.02. The molecule has 0 saturated carbocycles. The topological polar surface area (TPSA) is 92.3 Å². The van der Waals surface area contributed by atoms with E-state index in [2.05, 4.69) is 5.32 Å². The van der Waals surface area contributed by atoms with Crippen LogP contribution in [0.4, 0.5) is 0 Å². The van der Waals surface area contributed by atoms with Gasteiger partial charge in [-0.05, 0) is 30.7 Å². The Balaban J connectivity index is 1.82. The molecule has 2 aromatic carbocycles. The van der Waals surface area contributed by atoms with Crippen LogP contribution in [0.5, 0.6) is 23.0 Å². The van der Waals surface area contributed by atoms with Crippen molar-refractivity contribution >= 4 is 11.9 Å². The second kappa shape index (κ2) is 10.8. The molecule has 0 saturated heterocycles. The van der Waals surface area contributed by atoms with E-state index in [-0.39, 0.29) is 25.3 Å². The molecule has 0 aliphatic heterocycles. The first-order chi connectivity index (χ1) is 14.0. The van der Waals surface area contributed by atoms with Gasteiger partial charge in [0.15, 0.2) is 11.5 Å². The standard InChI is InChI=1S/C21H25NO7/c1-14-7-5-6-8-16(14)28-9-10-29-19(23)13-22-21(24)15-11-17(25-2)20(27-4)18(12-15)26-3/h5-8,11-12H,9-10,13H2,1-4H3,(H,22,24). The zero-order chi connectivity index (χ0) is 21.2. The van der Waals surface area contributed by atoms with E-state index < -0.39 is 11.9 Å². The molecule has 8 nitrogen and oxygen atoms in total. The summed E-state index contributed by atoms with van der Waals surface area (Å²) in [7, 11) is 4.38. The average molecular weight is 403 g/mol. The molecule has 0 aliphatic rings. The van der Waals surface area contributed by atoms with Gasteiger partial charge >= 0.3 is 5.97 Å². The van der Waals surface area contributed by atoms with Gasteiger partial charge in [0.25, 0.3) is 5.91 Å². The van der Waals surface area contributed by atoms with Gasteiger partial charge in [-0.15, -0.1) is 0 Å². The smallest absolute Gasteiger partial charge is 0.325 e. The summed E-state index contributed by atoms with van der Waals surface area (Å²) in [5, 5.41) is 2.50. The quantitative estimate of drug-likeness (QED) is 0.481. The minimum Gasteiger partial charge on any atom is -0.493 e. The van der Waals surface area contributed by atoms with E-state index in [1.165, 1.54) is 33.5 Å². The maximum Gasteiger partial charge on any atom is 0.325 e. The number of esters is 1. The fraction of sp³-hybridized carbons (Fsp3) is 0.333. The molecule has 0 aromatic heterocycles. The maximum atomic E-state index is 12.3. The van der Waals surface area contributed by atoms with Crippen molar-refractivity contribution in [3.05, 3.63) is 47.5 Å². The van der Waals surface area contributed by atoms with Gasteiger partial charge < -0.3 is 29.0 Å². The van der Waals surface area contributed by atoms with E-state index in [0.717, 1.165) is 11.3 Å². The lowest BCUT2D eigenvalue weighted by molar-refractivity contribution is -0.143. The van der Waals surface area contributed by atoms with E-state index in [1.807, 2.05) is 31.2 Å². The van der Waals surface area contributed by atoms with Crippen LogP contribution in [0.2, 0.25) is 0 Å². The summed E-state index contributed by atoms with van der Waals surface area (Å²) in [5.74, 6) is 0.747. The molecular weight excluding hydrogens is 378 g/mol. The molecule has 0 spiro atoms. The molecule has 0 atom stereocenters. The monoisotopic (exact) mass is 403 g/mol. The lowest BCUT2D eigenvalue weighted by Gasteiger charge is -2.14. The second-order valence-corrected chi connectivity index (χ2v) is 5.93. The van der Waals surface area contributed by atoms with Gasteiger partial charge in [-0.2, -0.15) is 0 Å². The number of hydrogen-bond donors (Lipinski definition) is 1. The summed E-state index contributed by atoms with van der Waals surface area (Å²) >= 11 is 0. The van der Waals surface area contributed by atoms with Crippen LogP contribution in [-0.4, -0.2) is 53.0 Å². The van der Waals surface area contributed by atoms with Crippen molar-refractivity contribution in [2.75, 3.05) is 41.1 Å². The maximum absolute atomic E-state index is 12.3. The number of aryl methyl sites for hydroxylation is 1. The van der Waals surface area contributed by atoms with E-state index in [0.29, 0.717) is 17.2 Å². The van der Waals surface area contributed by atoms with Crippen LogP contribution in [0.25, 0.3) is 0 Å². The number of ether oxygens (including phenoxy) is 5. The van der Waals surface area contributed by atoms with Crippen LogP contribution in [0, 0.1) is 6.92 Å². The second-order valence-electron chi connectivity index (χ2n) is 5.93.